The number of rotatable bonds is 5. The van der Waals surface area contributed by atoms with Crippen LogP contribution in [0.1, 0.15) is 39.2 Å². The summed E-state index contributed by atoms with van der Waals surface area (Å²) in [4.78, 5) is 18.3. The van der Waals surface area contributed by atoms with Crippen LogP contribution in [0.25, 0.3) is 5.52 Å². The minimum Gasteiger partial charge on any atom is -0.443 e. The van der Waals surface area contributed by atoms with E-state index in [1.807, 2.05) is 11.8 Å². The highest BCUT2D eigenvalue weighted by Crippen LogP contribution is 2.52. The molecule has 10 nitrogen and oxygen atoms in total. The van der Waals surface area contributed by atoms with Crippen LogP contribution in [0.3, 0.4) is 0 Å². The number of fused-ring (bicyclic) bond motifs is 1. The Labute approximate surface area is 205 Å². The van der Waals surface area contributed by atoms with E-state index in [4.69, 9.17) is 16.3 Å². The Kier molecular flexibility index (Phi) is 6.16. The molecule has 2 aromatic rings. The topological polar surface area (TPSA) is 109 Å². The summed E-state index contributed by atoms with van der Waals surface area (Å²) in [7, 11) is -4.78. The molecular formula is C20H26ClF3N6O4S. The van der Waals surface area contributed by atoms with Gasteiger partial charge < -0.3 is 9.64 Å². The molecule has 1 spiro atoms. The minimum atomic E-state index is -4.78. The summed E-state index contributed by atoms with van der Waals surface area (Å²) in [6.45, 7) is 5.71. The van der Waals surface area contributed by atoms with Crippen LogP contribution in [0.2, 0.25) is 5.15 Å². The van der Waals surface area contributed by atoms with E-state index in [1.54, 1.807) is 15.3 Å². The zero-order valence-electron chi connectivity index (χ0n) is 19.6. The monoisotopic (exact) mass is 538 g/mol. The molecule has 1 saturated heterocycles. The quantitative estimate of drug-likeness (QED) is 0.622. The Bertz CT molecular complexity index is 1250. The first-order valence-electron chi connectivity index (χ1n) is 10.8. The Balaban J connectivity index is 1.46. The van der Waals surface area contributed by atoms with Crippen molar-refractivity contribution >= 4 is 39.2 Å². The summed E-state index contributed by atoms with van der Waals surface area (Å²) in [6, 6.07) is 0.857. The number of hydrogen-bond acceptors (Lipinski definition) is 7. The second-order valence-corrected chi connectivity index (χ2v) is 12.2. The third-order valence-corrected chi connectivity index (χ3v) is 7.77. The van der Waals surface area contributed by atoms with Crippen molar-refractivity contribution in [1.29, 1.82) is 0 Å². The van der Waals surface area contributed by atoms with Gasteiger partial charge >= 0.3 is 22.5 Å². The summed E-state index contributed by atoms with van der Waals surface area (Å²) in [6.07, 6.45) is -4.30. The average molecular weight is 539 g/mol. The van der Waals surface area contributed by atoms with Crippen LogP contribution in [0.4, 0.5) is 23.8 Å². The first-order valence-corrected chi connectivity index (χ1v) is 12.6. The fourth-order valence-electron chi connectivity index (χ4n) is 4.76. The van der Waals surface area contributed by atoms with Crippen molar-refractivity contribution in [3.05, 3.63) is 23.1 Å². The van der Waals surface area contributed by atoms with E-state index in [1.165, 1.54) is 27.1 Å². The number of ether oxygens (including phenoxy) is 1. The van der Waals surface area contributed by atoms with Crippen LogP contribution in [0.15, 0.2) is 12.4 Å². The average Bonchev–Trinajstić information content (AvgIpc) is 2.90. The molecule has 15 heteroatoms. The molecule has 194 valence electrons. The van der Waals surface area contributed by atoms with Gasteiger partial charge in [-0.05, 0) is 52.2 Å². The Morgan fingerprint density at radius 3 is 2.51 bits per heavy atom. The van der Waals surface area contributed by atoms with Crippen LogP contribution < -0.4 is 9.62 Å². The molecule has 0 bridgehead atoms. The smallest absolute Gasteiger partial charge is 0.422 e. The van der Waals surface area contributed by atoms with Crippen LogP contribution in [0, 0.1) is 12.3 Å². The highest BCUT2D eigenvalue weighted by Gasteiger charge is 2.57. The van der Waals surface area contributed by atoms with Gasteiger partial charge in [-0.1, -0.05) is 11.6 Å². The van der Waals surface area contributed by atoms with Crippen LogP contribution >= 0.6 is 11.6 Å². The minimum absolute atomic E-state index is 0.219. The summed E-state index contributed by atoms with van der Waals surface area (Å²) < 4.78 is 73.5. The fraction of sp³-hybridized carbons (Fsp3) is 0.650. The van der Waals surface area contributed by atoms with Gasteiger partial charge in [0.05, 0.1) is 0 Å². The molecule has 0 unspecified atom stereocenters. The van der Waals surface area contributed by atoms with Crippen molar-refractivity contribution in [1.82, 2.24) is 23.6 Å². The predicted octanol–water partition coefficient (Wildman–Crippen LogP) is 3.29. The van der Waals surface area contributed by atoms with E-state index >= 15 is 0 Å². The lowest BCUT2D eigenvalue weighted by atomic mass is 9.60. The molecule has 0 aromatic carbocycles. The molecule has 4 rings (SSSR count). The van der Waals surface area contributed by atoms with Gasteiger partial charge in [-0.15, -0.1) is 0 Å². The van der Waals surface area contributed by atoms with Gasteiger partial charge in [0.15, 0.2) is 5.82 Å². The van der Waals surface area contributed by atoms with Crippen molar-refractivity contribution in [3.8, 4) is 0 Å². The Morgan fingerprint density at radius 1 is 1.31 bits per heavy atom. The lowest BCUT2D eigenvalue weighted by molar-refractivity contribution is -0.147. The number of hydrogen-bond donors (Lipinski definition) is 1. The highest BCUT2D eigenvalue weighted by atomic mass is 35.5. The Morgan fingerprint density at radius 2 is 1.94 bits per heavy atom. The zero-order chi connectivity index (χ0) is 26.0. The van der Waals surface area contributed by atoms with Gasteiger partial charge in [-0.25, -0.2) is 19.0 Å². The number of aryl methyl sites for hydroxylation is 1. The van der Waals surface area contributed by atoms with E-state index in [9.17, 15) is 26.4 Å². The van der Waals surface area contributed by atoms with Gasteiger partial charge in [-0.2, -0.15) is 31.0 Å². The van der Waals surface area contributed by atoms with E-state index in [0.29, 0.717) is 28.4 Å². The SMILES string of the molecule is Cc1cc(Cl)n2ncnc(N3CC4(CC(N(CC(F)(F)F)S(=O)(=O)NC(=O)OC(C)(C)C)C4)C3)c12. The number of aromatic nitrogens is 3. The third kappa shape index (κ3) is 5.28. The van der Waals surface area contributed by atoms with E-state index in [-0.39, 0.29) is 18.3 Å². The number of halogens is 4. The van der Waals surface area contributed by atoms with E-state index in [0.717, 1.165) is 11.1 Å². The van der Waals surface area contributed by atoms with E-state index < -0.39 is 40.7 Å². The molecule has 1 amide bonds. The first-order chi connectivity index (χ1) is 16.0. The Hall–Kier alpha value is -2.32. The van der Waals surface area contributed by atoms with Crippen molar-refractivity contribution in [2.45, 2.75) is 58.4 Å². The first kappa shape index (κ1) is 25.8. The summed E-state index contributed by atoms with van der Waals surface area (Å²) >= 11 is 6.19. The second kappa shape index (κ2) is 8.37. The largest absolute Gasteiger partial charge is 0.443 e. The molecule has 2 aromatic heterocycles. The van der Waals surface area contributed by atoms with Crippen LogP contribution in [-0.2, 0) is 14.9 Å². The molecule has 35 heavy (non-hydrogen) atoms. The highest BCUT2D eigenvalue weighted by molar-refractivity contribution is 7.87. The zero-order valence-corrected chi connectivity index (χ0v) is 21.1. The number of carbonyl (C=O) groups excluding carboxylic acids is 1. The molecule has 1 saturated carbocycles. The summed E-state index contributed by atoms with van der Waals surface area (Å²) in [5.74, 6) is 0.657. The number of nitrogens with one attached hydrogen (secondary N) is 1. The second-order valence-electron chi connectivity index (χ2n) is 10.2. The van der Waals surface area contributed by atoms with Gasteiger partial charge in [-0.3, -0.25) is 0 Å². The molecule has 1 N–H and O–H groups in total. The van der Waals surface area contributed by atoms with Crippen molar-refractivity contribution in [2.75, 3.05) is 24.5 Å². The van der Waals surface area contributed by atoms with Gasteiger partial charge in [0.2, 0.25) is 0 Å². The van der Waals surface area contributed by atoms with Gasteiger partial charge in [0, 0.05) is 24.5 Å². The molecule has 0 radical (unpaired) electrons. The molecule has 0 atom stereocenters. The standard InChI is InChI=1S/C20H26ClF3N6O4S/c1-12-5-14(21)30-15(12)16(25-11-26-30)28-8-19(9-28)6-13(7-19)29(10-20(22,23)24)35(32,33)27-17(31)34-18(2,3)4/h5,11,13H,6-10H2,1-4H3,(H,27,31). The van der Waals surface area contributed by atoms with E-state index in [2.05, 4.69) is 10.1 Å². The predicted molar refractivity (Wildman–Crippen MR) is 121 cm³/mol. The fourth-order valence-corrected chi connectivity index (χ4v) is 6.27. The van der Waals surface area contributed by atoms with Gasteiger partial charge in [0.1, 0.15) is 29.1 Å². The molecule has 2 fully saturated rings. The number of anilines is 1. The lowest BCUT2D eigenvalue weighted by Gasteiger charge is -2.60. The maximum absolute atomic E-state index is 13.2. The van der Waals surface area contributed by atoms with Crippen molar-refractivity contribution < 1.29 is 31.1 Å². The maximum Gasteiger partial charge on any atom is 0.422 e. The van der Waals surface area contributed by atoms with Crippen LogP contribution in [-0.4, -0.2) is 70.9 Å². The maximum atomic E-state index is 13.2. The van der Waals surface area contributed by atoms with Gasteiger partial charge in [0.25, 0.3) is 0 Å². The molecule has 3 heterocycles. The number of alkyl halides is 3. The molecule has 1 aliphatic carbocycles. The van der Waals surface area contributed by atoms with Crippen molar-refractivity contribution in [2.24, 2.45) is 5.41 Å². The third-order valence-electron chi connectivity index (χ3n) is 6.03. The molecular weight excluding hydrogens is 513 g/mol. The molecule has 2 aliphatic rings. The van der Waals surface area contributed by atoms with Crippen molar-refractivity contribution in [3.63, 3.8) is 0 Å². The summed E-state index contributed by atoms with van der Waals surface area (Å²) in [5.41, 5.74) is 0.265. The number of nitrogens with zero attached hydrogens (tertiary/aromatic N) is 5. The number of carbonyl (C=O) groups is 1. The number of amides is 1. The normalized spacial score (nSPS) is 18.6. The summed E-state index contributed by atoms with van der Waals surface area (Å²) in [5, 5.41) is 4.57. The van der Waals surface area contributed by atoms with Crippen LogP contribution in [0.5, 0.6) is 0 Å². The molecule has 1 aliphatic heterocycles. The lowest BCUT2D eigenvalue weighted by Crippen LogP contribution is -2.68.